The first-order valence-electron chi connectivity index (χ1n) is 7.06. The van der Waals surface area contributed by atoms with E-state index >= 15 is 0 Å². The zero-order chi connectivity index (χ0) is 13.9. The molecule has 0 saturated heterocycles. The van der Waals surface area contributed by atoms with Crippen LogP contribution in [-0.2, 0) is 6.42 Å². The number of hydrogen-bond acceptors (Lipinski definition) is 5. The molecule has 4 nitrogen and oxygen atoms in total. The molecule has 106 valence electrons. The van der Waals surface area contributed by atoms with E-state index in [9.17, 15) is 0 Å². The molecule has 1 aliphatic rings. The van der Waals surface area contributed by atoms with Crippen LogP contribution in [-0.4, -0.2) is 22.7 Å². The number of rotatable bonds is 6. The van der Waals surface area contributed by atoms with Gasteiger partial charge in [-0.25, -0.2) is 0 Å². The Labute approximate surface area is 123 Å². The van der Waals surface area contributed by atoms with Gasteiger partial charge in [-0.15, -0.1) is 5.10 Å². The summed E-state index contributed by atoms with van der Waals surface area (Å²) >= 11 is 1.47. The molecule has 0 aliphatic heterocycles. The lowest BCUT2D eigenvalue weighted by Gasteiger charge is -2.16. The summed E-state index contributed by atoms with van der Waals surface area (Å²) < 4.78 is 9.87. The fourth-order valence-electron chi connectivity index (χ4n) is 2.25. The highest BCUT2D eigenvalue weighted by Crippen LogP contribution is 2.30. The standard InChI is InChI=1S/C15H19N3OS/c1-3-13-15(20-18-17-13)14(16-2)10-4-6-11(7-5-10)19-12-8-9-12/h4-7,12,14,16H,3,8-9H2,1-2H3. The zero-order valence-corrected chi connectivity index (χ0v) is 12.6. The lowest BCUT2D eigenvalue weighted by molar-refractivity contribution is 0.303. The van der Waals surface area contributed by atoms with Gasteiger partial charge in [0.1, 0.15) is 5.75 Å². The molecule has 1 unspecified atom stereocenters. The van der Waals surface area contributed by atoms with Crippen molar-refractivity contribution in [2.45, 2.75) is 38.3 Å². The minimum atomic E-state index is 0.153. The summed E-state index contributed by atoms with van der Waals surface area (Å²) in [7, 11) is 1.97. The lowest BCUT2D eigenvalue weighted by atomic mass is 10.0. The largest absolute Gasteiger partial charge is 0.490 e. The Hall–Kier alpha value is -1.46. The van der Waals surface area contributed by atoms with Crippen molar-refractivity contribution in [1.82, 2.24) is 14.9 Å². The predicted molar refractivity (Wildman–Crippen MR) is 80.3 cm³/mol. The second-order valence-corrected chi connectivity index (χ2v) is 5.83. The van der Waals surface area contributed by atoms with E-state index in [0.29, 0.717) is 6.10 Å². The van der Waals surface area contributed by atoms with Crippen LogP contribution in [0.1, 0.15) is 41.9 Å². The molecular formula is C15H19N3OS. The number of ether oxygens (including phenoxy) is 1. The quantitative estimate of drug-likeness (QED) is 0.888. The van der Waals surface area contributed by atoms with Crippen molar-refractivity contribution < 1.29 is 4.74 Å². The topological polar surface area (TPSA) is 47.0 Å². The van der Waals surface area contributed by atoms with Crippen molar-refractivity contribution in [1.29, 1.82) is 0 Å². The number of nitrogens with one attached hydrogen (secondary N) is 1. The van der Waals surface area contributed by atoms with Gasteiger partial charge in [0, 0.05) is 0 Å². The molecule has 0 amide bonds. The molecule has 0 radical (unpaired) electrons. The van der Waals surface area contributed by atoms with Gasteiger partial charge >= 0.3 is 0 Å². The third-order valence-corrected chi connectivity index (χ3v) is 4.34. The van der Waals surface area contributed by atoms with Crippen molar-refractivity contribution in [3.05, 3.63) is 40.4 Å². The van der Waals surface area contributed by atoms with Crippen molar-refractivity contribution in [2.75, 3.05) is 7.05 Å². The number of benzene rings is 1. The molecule has 1 N–H and O–H groups in total. The van der Waals surface area contributed by atoms with Crippen LogP contribution in [0.2, 0.25) is 0 Å². The second-order valence-electron chi connectivity index (χ2n) is 5.05. The summed E-state index contributed by atoms with van der Waals surface area (Å²) in [5.41, 5.74) is 2.30. The number of nitrogens with zero attached hydrogens (tertiary/aromatic N) is 2. The molecule has 1 aromatic heterocycles. The van der Waals surface area contributed by atoms with E-state index < -0.39 is 0 Å². The first-order valence-corrected chi connectivity index (χ1v) is 7.84. The van der Waals surface area contributed by atoms with Gasteiger partial charge in [-0.2, -0.15) is 0 Å². The van der Waals surface area contributed by atoms with Crippen molar-refractivity contribution in [3.63, 3.8) is 0 Å². The summed E-state index contributed by atoms with van der Waals surface area (Å²) in [5, 5.41) is 7.56. The van der Waals surface area contributed by atoms with Crippen molar-refractivity contribution >= 4 is 11.5 Å². The summed E-state index contributed by atoms with van der Waals surface area (Å²) in [6, 6.07) is 8.51. The smallest absolute Gasteiger partial charge is 0.119 e. The number of aryl methyl sites for hydroxylation is 1. The maximum absolute atomic E-state index is 5.79. The minimum Gasteiger partial charge on any atom is -0.490 e. The summed E-state index contributed by atoms with van der Waals surface area (Å²) in [4.78, 5) is 1.20. The van der Waals surface area contributed by atoms with Crippen LogP contribution >= 0.6 is 11.5 Å². The van der Waals surface area contributed by atoms with Crippen molar-refractivity contribution in [2.24, 2.45) is 0 Å². The summed E-state index contributed by atoms with van der Waals surface area (Å²) in [5.74, 6) is 0.962. The molecule has 1 atom stereocenters. The van der Waals surface area contributed by atoms with Crippen LogP contribution in [0.25, 0.3) is 0 Å². The first kappa shape index (κ1) is 13.5. The molecule has 2 aromatic rings. The Bertz CT molecular complexity index is 563. The third-order valence-electron chi connectivity index (χ3n) is 3.51. The highest BCUT2D eigenvalue weighted by atomic mass is 32.1. The molecule has 1 saturated carbocycles. The first-order chi connectivity index (χ1) is 9.81. The average Bonchev–Trinajstić information content (AvgIpc) is 3.17. The van der Waals surface area contributed by atoms with Gasteiger partial charge in [-0.3, -0.25) is 0 Å². The third kappa shape index (κ3) is 2.83. The minimum absolute atomic E-state index is 0.153. The van der Waals surface area contributed by atoms with E-state index in [1.807, 2.05) is 7.05 Å². The Kier molecular flexibility index (Phi) is 3.98. The normalized spacial score (nSPS) is 16.1. The average molecular weight is 289 g/mol. The van der Waals surface area contributed by atoms with Crippen molar-refractivity contribution in [3.8, 4) is 5.75 Å². The van der Waals surface area contributed by atoms with E-state index in [4.69, 9.17) is 4.74 Å². The van der Waals surface area contributed by atoms with Crippen LogP contribution in [0, 0.1) is 0 Å². The van der Waals surface area contributed by atoms with Crippen LogP contribution in [0.15, 0.2) is 24.3 Å². The van der Waals surface area contributed by atoms with Crippen LogP contribution in [0.3, 0.4) is 0 Å². The van der Waals surface area contributed by atoms with Crippen LogP contribution < -0.4 is 10.1 Å². The van der Waals surface area contributed by atoms with Crippen LogP contribution in [0.4, 0.5) is 0 Å². The van der Waals surface area contributed by atoms with Crippen LogP contribution in [0.5, 0.6) is 5.75 Å². The molecule has 1 fully saturated rings. The number of hydrogen-bond donors (Lipinski definition) is 1. The fourth-order valence-corrected chi connectivity index (χ4v) is 3.12. The molecule has 20 heavy (non-hydrogen) atoms. The molecule has 1 aliphatic carbocycles. The van der Waals surface area contributed by atoms with Gasteiger partial charge in [0.05, 0.1) is 22.7 Å². The van der Waals surface area contributed by atoms with E-state index in [2.05, 4.69) is 46.1 Å². The monoisotopic (exact) mass is 289 g/mol. The van der Waals surface area contributed by atoms with Gasteiger partial charge in [0.15, 0.2) is 0 Å². The van der Waals surface area contributed by atoms with E-state index in [-0.39, 0.29) is 6.04 Å². The molecule has 3 rings (SSSR count). The number of aromatic nitrogens is 2. The molecule has 1 aromatic carbocycles. The molecule has 1 heterocycles. The Morgan fingerprint density at radius 1 is 1.35 bits per heavy atom. The Morgan fingerprint density at radius 2 is 2.10 bits per heavy atom. The maximum atomic E-state index is 5.79. The molecule has 5 heteroatoms. The maximum Gasteiger partial charge on any atom is 0.119 e. The van der Waals surface area contributed by atoms with E-state index in [1.165, 1.54) is 34.8 Å². The molecular weight excluding hydrogens is 270 g/mol. The highest BCUT2D eigenvalue weighted by molar-refractivity contribution is 7.05. The van der Waals surface area contributed by atoms with Gasteiger partial charge < -0.3 is 10.1 Å². The fraction of sp³-hybridized carbons (Fsp3) is 0.467. The van der Waals surface area contributed by atoms with E-state index in [1.54, 1.807) is 0 Å². The molecule has 0 spiro atoms. The molecule has 0 bridgehead atoms. The summed E-state index contributed by atoms with van der Waals surface area (Å²) in [6.45, 7) is 2.11. The summed E-state index contributed by atoms with van der Waals surface area (Å²) in [6.07, 6.45) is 3.73. The Balaban J connectivity index is 1.81. The highest BCUT2D eigenvalue weighted by Gasteiger charge is 2.24. The van der Waals surface area contributed by atoms with Gasteiger partial charge in [0.2, 0.25) is 0 Å². The van der Waals surface area contributed by atoms with E-state index in [0.717, 1.165) is 17.9 Å². The SMILES string of the molecule is CCc1nnsc1C(NC)c1ccc(OC2CC2)cc1. The van der Waals surface area contributed by atoms with Gasteiger partial charge in [-0.05, 0) is 55.5 Å². The lowest BCUT2D eigenvalue weighted by Crippen LogP contribution is -2.17. The van der Waals surface area contributed by atoms with Gasteiger partial charge in [0.25, 0.3) is 0 Å². The van der Waals surface area contributed by atoms with Gasteiger partial charge in [-0.1, -0.05) is 23.5 Å². The zero-order valence-electron chi connectivity index (χ0n) is 11.8. The Morgan fingerprint density at radius 3 is 2.70 bits per heavy atom. The predicted octanol–water partition coefficient (Wildman–Crippen LogP) is 2.95. The second kappa shape index (κ2) is 5.89.